The van der Waals surface area contributed by atoms with E-state index in [1.165, 1.54) is 6.92 Å². The Bertz CT molecular complexity index is 1130. The van der Waals surface area contributed by atoms with E-state index in [1.807, 2.05) is 0 Å². The van der Waals surface area contributed by atoms with Crippen molar-refractivity contribution in [3.05, 3.63) is 11.6 Å². The van der Waals surface area contributed by atoms with Crippen molar-refractivity contribution in [2.75, 3.05) is 6.61 Å². The third-order valence-corrected chi connectivity index (χ3v) is 9.12. The van der Waals surface area contributed by atoms with Gasteiger partial charge in [0.1, 0.15) is 12.4 Å². The summed E-state index contributed by atoms with van der Waals surface area (Å²) in [6.07, 6.45) is -1.03. The van der Waals surface area contributed by atoms with Crippen LogP contribution in [-0.2, 0) is 42.9 Å². The summed E-state index contributed by atoms with van der Waals surface area (Å²) in [7, 11) is 0. The summed E-state index contributed by atoms with van der Waals surface area (Å²) >= 11 is 0. The van der Waals surface area contributed by atoms with Crippen LogP contribution in [0, 0.1) is 23.7 Å². The Balaban J connectivity index is 1.86. The van der Waals surface area contributed by atoms with E-state index in [2.05, 4.69) is 0 Å². The molecule has 2 spiro atoms. The van der Waals surface area contributed by atoms with Gasteiger partial charge in [0.25, 0.3) is 0 Å². The number of Topliss-reactive ketones (excluding diaryl/α,β-unsaturated/α-hetero) is 1. The van der Waals surface area contributed by atoms with E-state index in [0.29, 0.717) is 5.57 Å². The van der Waals surface area contributed by atoms with Crippen LogP contribution in [0.25, 0.3) is 0 Å². The van der Waals surface area contributed by atoms with Crippen molar-refractivity contribution in [2.45, 2.75) is 95.3 Å². The van der Waals surface area contributed by atoms with Gasteiger partial charge < -0.3 is 33.9 Å². The molecule has 3 heterocycles. The Kier molecular flexibility index (Phi) is 5.41. The van der Waals surface area contributed by atoms with Crippen molar-refractivity contribution in [1.29, 1.82) is 0 Å². The number of rotatable bonds is 4. The Morgan fingerprint density at radius 2 is 1.68 bits per heavy atom. The zero-order valence-corrected chi connectivity index (χ0v) is 22.0. The van der Waals surface area contributed by atoms with E-state index < -0.39 is 88.6 Å². The van der Waals surface area contributed by atoms with Gasteiger partial charge in [0.05, 0.1) is 23.0 Å². The summed E-state index contributed by atoms with van der Waals surface area (Å²) < 4.78 is 29.9. The maximum absolute atomic E-state index is 13.5. The summed E-state index contributed by atoms with van der Waals surface area (Å²) in [5.41, 5.74) is -6.63. The molecule has 0 aromatic heterocycles. The highest BCUT2D eigenvalue weighted by Gasteiger charge is 2.93. The predicted molar refractivity (Wildman–Crippen MR) is 122 cm³/mol. The second-order valence-corrected chi connectivity index (χ2v) is 11.8. The molecule has 2 aliphatic carbocycles. The van der Waals surface area contributed by atoms with Gasteiger partial charge in [-0.3, -0.25) is 19.2 Å². The Hall–Kier alpha value is -2.34. The van der Waals surface area contributed by atoms with Crippen LogP contribution in [0.5, 0.6) is 0 Å². The number of ketones is 1. The van der Waals surface area contributed by atoms with Gasteiger partial charge in [-0.1, -0.05) is 13.0 Å². The molecule has 1 saturated carbocycles. The second kappa shape index (κ2) is 7.62. The van der Waals surface area contributed by atoms with Crippen LogP contribution in [0.1, 0.15) is 54.9 Å². The summed E-state index contributed by atoms with van der Waals surface area (Å²) in [6, 6.07) is 0. The standard InChI is InChI=1S/C26H34O11/c1-11-8-17-24(32)12(2)9-16(30)18-19(24)26(36-22(18,6)7)23(31,10-33-13(3)27)21(35-15(5)29)25(17,37-26)20(11)34-14(4)28/h8,12,17-21,31-32H,9-10H2,1-7H3/t12-,17+,18-,19+,20+,21-,23-,24+,25-,26-/m1/s1. The molecule has 3 aliphatic heterocycles. The number of fused-ring (bicyclic) bond motifs is 1. The minimum absolute atomic E-state index is 0.0405. The van der Waals surface area contributed by atoms with E-state index >= 15 is 0 Å². The molecule has 0 aromatic carbocycles. The zero-order valence-electron chi connectivity index (χ0n) is 22.0. The van der Waals surface area contributed by atoms with E-state index in [0.717, 1.165) is 13.8 Å². The van der Waals surface area contributed by atoms with Crippen molar-refractivity contribution >= 4 is 23.7 Å². The first-order valence-electron chi connectivity index (χ1n) is 12.5. The van der Waals surface area contributed by atoms with Crippen molar-refractivity contribution in [3.8, 4) is 0 Å². The third-order valence-electron chi connectivity index (χ3n) is 9.12. The quantitative estimate of drug-likeness (QED) is 0.303. The van der Waals surface area contributed by atoms with Crippen LogP contribution in [0.3, 0.4) is 0 Å². The lowest BCUT2D eigenvalue weighted by molar-refractivity contribution is -0.384. The molecular weight excluding hydrogens is 488 g/mol. The van der Waals surface area contributed by atoms with Gasteiger partial charge in [0.2, 0.25) is 5.79 Å². The molecule has 204 valence electrons. The SMILES string of the molecule is CC(=O)OC[C@@]1(O)[C@@H](OC(C)=O)[C@@]23O[C@@]14OC(C)(C)[C@@H]1C(=O)C[C@@H](C)[C@](O)([C@@H]2C=C(C)[C@@H]3OC(C)=O)[C@H]14. The fourth-order valence-corrected chi connectivity index (χ4v) is 8.09. The minimum Gasteiger partial charge on any atom is -0.462 e. The van der Waals surface area contributed by atoms with Gasteiger partial charge in [0.15, 0.2) is 23.4 Å². The lowest BCUT2D eigenvalue weighted by Crippen LogP contribution is -2.73. The number of hydrogen-bond donors (Lipinski definition) is 2. The van der Waals surface area contributed by atoms with Gasteiger partial charge in [-0.15, -0.1) is 0 Å². The maximum atomic E-state index is 13.5. The van der Waals surface area contributed by atoms with Crippen molar-refractivity contribution in [3.63, 3.8) is 0 Å². The molecule has 0 radical (unpaired) electrons. The molecule has 11 heteroatoms. The smallest absolute Gasteiger partial charge is 0.303 e. The number of aliphatic hydroxyl groups is 2. The Morgan fingerprint density at radius 1 is 1.05 bits per heavy atom. The number of esters is 3. The molecule has 5 rings (SSSR count). The monoisotopic (exact) mass is 522 g/mol. The lowest BCUT2D eigenvalue weighted by Gasteiger charge is -2.59. The lowest BCUT2D eigenvalue weighted by atomic mass is 9.52. The molecule has 2 bridgehead atoms. The molecule has 0 amide bonds. The molecule has 0 unspecified atom stereocenters. The molecule has 3 saturated heterocycles. The molecule has 11 nitrogen and oxygen atoms in total. The number of carbonyl (C=O) groups is 4. The molecule has 10 atom stereocenters. The van der Waals surface area contributed by atoms with E-state index in [-0.39, 0.29) is 12.2 Å². The van der Waals surface area contributed by atoms with Crippen LogP contribution in [0.2, 0.25) is 0 Å². The number of carbonyl (C=O) groups excluding carboxylic acids is 4. The number of hydrogen-bond acceptors (Lipinski definition) is 11. The summed E-state index contributed by atoms with van der Waals surface area (Å²) in [4.78, 5) is 50.1. The summed E-state index contributed by atoms with van der Waals surface area (Å²) in [6.45, 7) is 9.54. The highest BCUT2D eigenvalue weighted by molar-refractivity contribution is 5.85. The van der Waals surface area contributed by atoms with E-state index in [1.54, 1.807) is 33.8 Å². The highest BCUT2D eigenvalue weighted by Crippen LogP contribution is 2.75. The van der Waals surface area contributed by atoms with Gasteiger partial charge in [0, 0.05) is 33.1 Å². The van der Waals surface area contributed by atoms with Gasteiger partial charge >= 0.3 is 17.9 Å². The molecule has 5 aliphatic rings. The first-order chi connectivity index (χ1) is 17.0. The van der Waals surface area contributed by atoms with Crippen molar-refractivity contribution < 1.29 is 53.1 Å². The number of ether oxygens (including phenoxy) is 5. The zero-order chi connectivity index (χ0) is 27.5. The average Bonchev–Trinajstić information content (AvgIpc) is 3.25. The Labute approximate surface area is 214 Å². The van der Waals surface area contributed by atoms with E-state index in [4.69, 9.17) is 23.7 Å². The van der Waals surface area contributed by atoms with Crippen molar-refractivity contribution in [1.82, 2.24) is 0 Å². The molecular formula is C26H34O11. The van der Waals surface area contributed by atoms with Gasteiger partial charge in [-0.25, -0.2) is 0 Å². The van der Waals surface area contributed by atoms with Crippen LogP contribution in [-0.4, -0.2) is 80.9 Å². The molecule has 37 heavy (non-hydrogen) atoms. The predicted octanol–water partition coefficient (Wildman–Crippen LogP) is 0.580. The first-order valence-corrected chi connectivity index (χ1v) is 12.5. The van der Waals surface area contributed by atoms with Crippen LogP contribution in [0.4, 0.5) is 0 Å². The van der Waals surface area contributed by atoms with Crippen LogP contribution >= 0.6 is 0 Å². The first kappa shape index (κ1) is 26.3. The van der Waals surface area contributed by atoms with Gasteiger partial charge in [-0.2, -0.15) is 0 Å². The Morgan fingerprint density at radius 3 is 2.24 bits per heavy atom. The second-order valence-electron chi connectivity index (χ2n) is 11.8. The average molecular weight is 523 g/mol. The molecule has 2 N–H and O–H groups in total. The van der Waals surface area contributed by atoms with Crippen LogP contribution < -0.4 is 0 Å². The fourth-order valence-electron chi connectivity index (χ4n) is 8.09. The highest BCUT2D eigenvalue weighted by atomic mass is 16.8. The largest absolute Gasteiger partial charge is 0.462 e. The molecule has 4 fully saturated rings. The topological polar surface area (TPSA) is 155 Å². The summed E-state index contributed by atoms with van der Waals surface area (Å²) in [5.74, 6) is -8.10. The van der Waals surface area contributed by atoms with Crippen LogP contribution in [0.15, 0.2) is 11.6 Å². The normalized spacial score (nSPS) is 48.6. The van der Waals surface area contributed by atoms with Crippen molar-refractivity contribution in [2.24, 2.45) is 23.7 Å². The summed E-state index contributed by atoms with van der Waals surface area (Å²) in [5, 5.41) is 25.2. The fraction of sp³-hybridized carbons (Fsp3) is 0.769. The van der Waals surface area contributed by atoms with Gasteiger partial charge in [-0.05, 0) is 32.3 Å². The maximum Gasteiger partial charge on any atom is 0.303 e. The molecule has 0 aromatic rings. The minimum atomic E-state index is -2.38. The third kappa shape index (κ3) is 2.97. The van der Waals surface area contributed by atoms with E-state index in [9.17, 15) is 29.4 Å².